The summed E-state index contributed by atoms with van der Waals surface area (Å²) in [5, 5.41) is 12.9. The Balaban J connectivity index is 1.92. The number of guanidine groups is 1. The number of aliphatic hydroxyl groups is 1. The number of aliphatic hydroxyl groups excluding tert-OH is 1. The van der Waals surface area contributed by atoms with Gasteiger partial charge in [0.1, 0.15) is 0 Å². The zero-order chi connectivity index (χ0) is 14.4. The van der Waals surface area contributed by atoms with Crippen molar-refractivity contribution in [1.82, 2.24) is 10.2 Å². The Morgan fingerprint density at radius 3 is 3.00 bits per heavy atom. The van der Waals surface area contributed by atoms with Gasteiger partial charge in [0, 0.05) is 26.2 Å². The SMILES string of the molecule is CCNC(=NCCc1cccc(C)c1)N1CC[C@@H](O)C1. The summed E-state index contributed by atoms with van der Waals surface area (Å²) in [4.78, 5) is 6.82. The standard InChI is InChI=1S/C16H25N3O/c1-3-17-16(19-10-8-15(20)12-19)18-9-7-14-6-4-5-13(2)11-14/h4-6,11,15,20H,3,7-10,12H2,1-2H3,(H,17,18)/t15-/m1/s1. The summed E-state index contributed by atoms with van der Waals surface area (Å²) in [6.45, 7) is 7.40. The molecular weight excluding hydrogens is 250 g/mol. The van der Waals surface area contributed by atoms with Gasteiger partial charge in [0.25, 0.3) is 0 Å². The Bertz CT molecular complexity index is 459. The van der Waals surface area contributed by atoms with Crippen LogP contribution in [0.25, 0.3) is 0 Å². The summed E-state index contributed by atoms with van der Waals surface area (Å²) < 4.78 is 0. The minimum atomic E-state index is -0.212. The molecule has 0 aromatic heterocycles. The van der Waals surface area contributed by atoms with Crippen LogP contribution in [-0.2, 0) is 6.42 Å². The maximum Gasteiger partial charge on any atom is 0.194 e. The van der Waals surface area contributed by atoms with Crippen molar-refractivity contribution >= 4 is 5.96 Å². The van der Waals surface area contributed by atoms with Crippen molar-refractivity contribution in [3.63, 3.8) is 0 Å². The fourth-order valence-corrected chi connectivity index (χ4v) is 2.52. The minimum absolute atomic E-state index is 0.212. The van der Waals surface area contributed by atoms with Crippen LogP contribution in [-0.4, -0.2) is 48.2 Å². The van der Waals surface area contributed by atoms with Crippen molar-refractivity contribution < 1.29 is 5.11 Å². The van der Waals surface area contributed by atoms with Crippen LogP contribution < -0.4 is 5.32 Å². The van der Waals surface area contributed by atoms with Crippen LogP contribution in [0.3, 0.4) is 0 Å². The first kappa shape index (κ1) is 14.9. The Labute approximate surface area is 121 Å². The van der Waals surface area contributed by atoms with E-state index in [1.807, 2.05) is 0 Å². The summed E-state index contributed by atoms with van der Waals surface area (Å²) in [7, 11) is 0. The fourth-order valence-electron chi connectivity index (χ4n) is 2.52. The Kier molecular flexibility index (Phi) is 5.41. The molecule has 1 saturated heterocycles. The third-order valence-corrected chi connectivity index (χ3v) is 3.54. The maximum atomic E-state index is 9.63. The number of benzene rings is 1. The highest BCUT2D eigenvalue weighted by molar-refractivity contribution is 5.80. The molecular formula is C16H25N3O. The number of β-amino-alcohol motifs (C(OH)–C–C–N with tert-alkyl or cyclic N) is 1. The number of rotatable bonds is 4. The number of likely N-dealkylation sites (tertiary alicyclic amines) is 1. The highest BCUT2D eigenvalue weighted by Crippen LogP contribution is 2.09. The molecule has 1 aliphatic heterocycles. The molecule has 0 spiro atoms. The first-order valence-electron chi connectivity index (χ1n) is 7.46. The second-order valence-corrected chi connectivity index (χ2v) is 5.36. The third kappa shape index (κ3) is 4.23. The molecule has 0 amide bonds. The molecule has 0 radical (unpaired) electrons. The highest BCUT2D eigenvalue weighted by atomic mass is 16.3. The quantitative estimate of drug-likeness (QED) is 0.648. The Hall–Kier alpha value is -1.55. The van der Waals surface area contributed by atoms with Crippen LogP contribution in [0.2, 0.25) is 0 Å². The second-order valence-electron chi connectivity index (χ2n) is 5.36. The molecule has 1 aromatic rings. The lowest BCUT2D eigenvalue weighted by atomic mass is 10.1. The Morgan fingerprint density at radius 1 is 1.50 bits per heavy atom. The minimum Gasteiger partial charge on any atom is -0.391 e. The number of nitrogens with one attached hydrogen (secondary N) is 1. The zero-order valence-electron chi connectivity index (χ0n) is 12.5. The van der Waals surface area contributed by atoms with E-state index < -0.39 is 0 Å². The van der Waals surface area contributed by atoms with Crippen molar-refractivity contribution in [2.24, 2.45) is 4.99 Å². The molecule has 0 bridgehead atoms. The molecule has 20 heavy (non-hydrogen) atoms. The van der Waals surface area contributed by atoms with E-state index in [0.717, 1.165) is 38.4 Å². The summed E-state index contributed by atoms with van der Waals surface area (Å²) >= 11 is 0. The number of hydrogen-bond acceptors (Lipinski definition) is 2. The van der Waals surface area contributed by atoms with Gasteiger partial charge in [0.2, 0.25) is 0 Å². The van der Waals surface area contributed by atoms with E-state index in [-0.39, 0.29) is 6.10 Å². The summed E-state index contributed by atoms with van der Waals surface area (Å²) in [5.74, 6) is 0.928. The van der Waals surface area contributed by atoms with Gasteiger partial charge in [-0.25, -0.2) is 0 Å². The number of hydrogen-bond donors (Lipinski definition) is 2. The van der Waals surface area contributed by atoms with Crippen LogP contribution in [0.5, 0.6) is 0 Å². The predicted octanol–water partition coefficient (Wildman–Crippen LogP) is 1.57. The molecule has 0 aliphatic carbocycles. The van der Waals surface area contributed by atoms with Crippen LogP contribution in [0.4, 0.5) is 0 Å². The molecule has 4 heteroatoms. The third-order valence-electron chi connectivity index (χ3n) is 3.54. The summed E-state index contributed by atoms with van der Waals surface area (Å²) in [6.07, 6.45) is 1.57. The van der Waals surface area contributed by atoms with Crippen LogP contribution in [0.15, 0.2) is 29.3 Å². The van der Waals surface area contributed by atoms with Crippen LogP contribution in [0, 0.1) is 6.92 Å². The Morgan fingerprint density at radius 2 is 2.35 bits per heavy atom. The van der Waals surface area contributed by atoms with Gasteiger partial charge in [-0.1, -0.05) is 29.8 Å². The molecule has 1 fully saturated rings. The summed E-state index contributed by atoms with van der Waals surface area (Å²) in [6, 6.07) is 8.57. The van der Waals surface area contributed by atoms with Crippen LogP contribution >= 0.6 is 0 Å². The first-order chi connectivity index (χ1) is 9.69. The molecule has 1 atom stereocenters. The van der Waals surface area contributed by atoms with E-state index in [1.165, 1.54) is 11.1 Å². The van der Waals surface area contributed by atoms with Crippen molar-refractivity contribution in [1.29, 1.82) is 0 Å². The highest BCUT2D eigenvalue weighted by Gasteiger charge is 2.22. The second kappa shape index (κ2) is 7.29. The van der Waals surface area contributed by atoms with E-state index in [0.29, 0.717) is 6.54 Å². The van der Waals surface area contributed by atoms with E-state index >= 15 is 0 Å². The van der Waals surface area contributed by atoms with E-state index in [4.69, 9.17) is 0 Å². The van der Waals surface area contributed by atoms with E-state index in [9.17, 15) is 5.11 Å². The molecule has 110 valence electrons. The smallest absolute Gasteiger partial charge is 0.194 e. The van der Waals surface area contributed by atoms with Crippen LogP contribution in [0.1, 0.15) is 24.5 Å². The van der Waals surface area contributed by atoms with Gasteiger partial charge >= 0.3 is 0 Å². The molecule has 1 aliphatic rings. The summed E-state index contributed by atoms with van der Waals surface area (Å²) in [5.41, 5.74) is 2.62. The van der Waals surface area contributed by atoms with Crippen molar-refractivity contribution in [3.05, 3.63) is 35.4 Å². The lowest BCUT2D eigenvalue weighted by molar-refractivity contribution is 0.188. The molecule has 2 N–H and O–H groups in total. The monoisotopic (exact) mass is 275 g/mol. The van der Waals surface area contributed by atoms with E-state index in [2.05, 4.69) is 53.3 Å². The molecule has 1 aromatic carbocycles. The van der Waals surface area contributed by atoms with Gasteiger partial charge in [-0.15, -0.1) is 0 Å². The topological polar surface area (TPSA) is 47.9 Å². The van der Waals surface area contributed by atoms with Gasteiger partial charge in [0.05, 0.1) is 6.10 Å². The normalized spacial score (nSPS) is 19.4. The molecule has 0 unspecified atom stereocenters. The molecule has 0 saturated carbocycles. The fraction of sp³-hybridized carbons (Fsp3) is 0.562. The number of nitrogens with zero attached hydrogens (tertiary/aromatic N) is 2. The van der Waals surface area contributed by atoms with Gasteiger partial charge in [-0.2, -0.15) is 0 Å². The molecule has 2 rings (SSSR count). The van der Waals surface area contributed by atoms with Gasteiger partial charge in [-0.3, -0.25) is 4.99 Å². The first-order valence-corrected chi connectivity index (χ1v) is 7.46. The maximum absolute atomic E-state index is 9.63. The molecule has 1 heterocycles. The van der Waals surface area contributed by atoms with Crippen molar-refractivity contribution in [3.8, 4) is 0 Å². The van der Waals surface area contributed by atoms with Gasteiger partial charge < -0.3 is 15.3 Å². The average Bonchev–Trinajstić information content (AvgIpc) is 2.84. The van der Waals surface area contributed by atoms with E-state index in [1.54, 1.807) is 0 Å². The predicted molar refractivity (Wildman–Crippen MR) is 83.1 cm³/mol. The average molecular weight is 275 g/mol. The van der Waals surface area contributed by atoms with Gasteiger partial charge in [0.15, 0.2) is 5.96 Å². The lowest BCUT2D eigenvalue weighted by Gasteiger charge is -2.20. The lowest BCUT2D eigenvalue weighted by Crippen LogP contribution is -2.40. The van der Waals surface area contributed by atoms with Crippen molar-refractivity contribution in [2.45, 2.75) is 32.8 Å². The zero-order valence-corrected chi connectivity index (χ0v) is 12.5. The largest absolute Gasteiger partial charge is 0.391 e. The number of aryl methyl sites for hydroxylation is 1. The van der Waals surface area contributed by atoms with Gasteiger partial charge in [-0.05, 0) is 32.3 Å². The molecule has 4 nitrogen and oxygen atoms in total. The van der Waals surface area contributed by atoms with Crippen molar-refractivity contribution in [2.75, 3.05) is 26.2 Å². The number of aliphatic imine (C=N–C) groups is 1.